The molecule has 1 aromatic carbocycles. The van der Waals surface area contributed by atoms with Crippen LogP contribution >= 0.6 is 0 Å². The largest absolute Gasteiger partial charge is 0.346 e. The first kappa shape index (κ1) is 14.5. The molecule has 0 aliphatic carbocycles. The molecular formula is C17H13N5O. The predicted molar refractivity (Wildman–Crippen MR) is 87.3 cm³/mol. The van der Waals surface area contributed by atoms with Crippen molar-refractivity contribution >= 4 is 22.6 Å². The fourth-order valence-corrected chi connectivity index (χ4v) is 2.29. The quantitative estimate of drug-likeness (QED) is 0.574. The van der Waals surface area contributed by atoms with Crippen LogP contribution in [0.1, 0.15) is 6.92 Å². The standard InChI is InChI=1S/C17H13N5O/c1-2-11(9-18)17(23)22-13-5-3-4-12(8-13)15-14-6-7-19-16(14)21-10-20-15/h2-8,10H,1H3,(H,22,23)(H,19,20,21)/b11-2+. The molecule has 0 radical (unpaired) electrons. The van der Waals surface area contributed by atoms with Crippen molar-refractivity contribution in [3.05, 3.63) is 54.5 Å². The third kappa shape index (κ3) is 2.80. The van der Waals surface area contributed by atoms with Gasteiger partial charge in [-0.15, -0.1) is 0 Å². The lowest BCUT2D eigenvalue weighted by molar-refractivity contribution is -0.112. The smallest absolute Gasteiger partial charge is 0.265 e. The zero-order valence-electron chi connectivity index (χ0n) is 12.4. The zero-order chi connectivity index (χ0) is 16.2. The molecule has 0 saturated carbocycles. The molecule has 0 aliphatic rings. The van der Waals surface area contributed by atoms with E-state index in [9.17, 15) is 4.79 Å². The molecule has 0 fully saturated rings. The van der Waals surface area contributed by atoms with Gasteiger partial charge < -0.3 is 10.3 Å². The van der Waals surface area contributed by atoms with Crippen molar-refractivity contribution in [2.24, 2.45) is 0 Å². The highest BCUT2D eigenvalue weighted by molar-refractivity contribution is 6.06. The molecule has 23 heavy (non-hydrogen) atoms. The Morgan fingerprint density at radius 1 is 1.35 bits per heavy atom. The molecule has 0 aliphatic heterocycles. The first-order valence-corrected chi connectivity index (χ1v) is 6.99. The summed E-state index contributed by atoms with van der Waals surface area (Å²) in [7, 11) is 0. The van der Waals surface area contributed by atoms with E-state index in [2.05, 4.69) is 20.3 Å². The van der Waals surface area contributed by atoms with Crippen LogP contribution in [0.3, 0.4) is 0 Å². The van der Waals surface area contributed by atoms with Crippen LogP contribution in [-0.4, -0.2) is 20.9 Å². The minimum absolute atomic E-state index is 0.0745. The molecule has 0 bridgehead atoms. The number of carbonyl (C=O) groups excluding carboxylic acids is 1. The minimum atomic E-state index is -0.429. The number of H-pyrrole nitrogens is 1. The van der Waals surface area contributed by atoms with Gasteiger partial charge in [-0.3, -0.25) is 4.79 Å². The van der Waals surface area contributed by atoms with Crippen molar-refractivity contribution in [3.63, 3.8) is 0 Å². The van der Waals surface area contributed by atoms with E-state index in [4.69, 9.17) is 5.26 Å². The van der Waals surface area contributed by atoms with Crippen LogP contribution in [0.15, 0.2) is 54.5 Å². The highest BCUT2D eigenvalue weighted by Gasteiger charge is 2.10. The van der Waals surface area contributed by atoms with Gasteiger partial charge in [0.15, 0.2) is 0 Å². The number of fused-ring (bicyclic) bond motifs is 1. The number of allylic oxidation sites excluding steroid dienone is 1. The van der Waals surface area contributed by atoms with E-state index < -0.39 is 5.91 Å². The van der Waals surface area contributed by atoms with Gasteiger partial charge in [-0.2, -0.15) is 5.26 Å². The molecule has 0 spiro atoms. The number of nitrogens with one attached hydrogen (secondary N) is 2. The Bertz CT molecular complexity index is 949. The van der Waals surface area contributed by atoms with Crippen LogP contribution in [-0.2, 0) is 4.79 Å². The van der Waals surface area contributed by atoms with Gasteiger partial charge in [0.2, 0.25) is 0 Å². The second kappa shape index (κ2) is 6.12. The lowest BCUT2D eigenvalue weighted by atomic mass is 10.1. The van der Waals surface area contributed by atoms with E-state index in [-0.39, 0.29) is 5.57 Å². The number of rotatable bonds is 3. The first-order chi connectivity index (χ1) is 11.2. The third-order valence-electron chi connectivity index (χ3n) is 3.40. The number of carbonyl (C=O) groups is 1. The highest BCUT2D eigenvalue weighted by Crippen LogP contribution is 2.26. The van der Waals surface area contributed by atoms with Gasteiger partial charge >= 0.3 is 0 Å². The van der Waals surface area contributed by atoms with Crippen LogP contribution < -0.4 is 5.32 Å². The molecule has 6 nitrogen and oxygen atoms in total. The summed E-state index contributed by atoms with van der Waals surface area (Å²) in [6, 6.07) is 11.1. The topological polar surface area (TPSA) is 94.5 Å². The van der Waals surface area contributed by atoms with Crippen molar-refractivity contribution in [3.8, 4) is 17.3 Å². The average molecular weight is 303 g/mol. The maximum atomic E-state index is 12.0. The van der Waals surface area contributed by atoms with Crippen LogP contribution in [0.25, 0.3) is 22.3 Å². The first-order valence-electron chi connectivity index (χ1n) is 6.99. The van der Waals surface area contributed by atoms with Crippen LogP contribution in [0.2, 0.25) is 0 Å². The van der Waals surface area contributed by atoms with Crippen molar-refractivity contribution in [2.75, 3.05) is 5.32 Å². The summed E-state index contributed by atoms with van der Waals surface area (Å²) in [6.07, 6.45) is 4.78. The molecule has 0 atom stereocenters. The summed E-state index contributed by atoms with van der Waals surface area (Å²) >= 11 is 0. The molecular weight excluding hydrogens is 290 g/mol. The molecule has 1 amide bonds. The number of benzene rings is 1. The van der Waals surface area contributed by atoms with Crippen molar-refractivity contribution in [2.45, 2.75) is 6.92 Å². The Balaban J connectivity index is 1.96. The van der Waals surface area contributed by atoms with Crippen molar-refractivity contribution in [1.82, 2.24) is 15.0 Å². The monoisotopic (exact) mass is 303 g/mol. The molecule has 0 unspecified atom stereocenters. The molecule has 2 aromatic heterocycles. The summed E-state index contributed by atoms with van der Waals surface area (Å²) in [5.74, 6) is -0.429. The highest BCUT2D eigenvalue weighted by atomic mass is 16.1. The molecule has 3 rings (SSSR count). The number of aromatic amines is 1. The normalized spacial score (nSPS) is 11.2. The van der Waals surface area contributed by atoms with Crippen LogP contribution in [0.4, 0.5) is 5.69 Å². The summed E-state index contributed by atoms with van der Waals surface area (Å²) in [5, 5.41) is 12.5. The molecule has 3 aromatic rings. The molecule has 6 heteroatoms. The number of nitrogens with zero attached hydrogens (tertiary/aromatic N) is 3. The summed E-state index contributed by atoms with van der Waals surface area (Å²) < 4.78 is 0. The fourth-order valence-electron chi connectivity index (χ4n) is 2.29. The van der Waals surface area contributed by atoms with Crippen molar-refractivity contribution in [1.29, 1.82) is 5.26 Å². The number of hydrogen-bond acceptors (Lipinski definition) is 4. The Labute approximate surface area is 132 Å². The van der Waals surface area contributed by atoms with E-state index in [0.29, 0.717) is 5.69 Å². The maximum Gasteiger partial charge on any atom is 0.265 e. The molecule has 112 valence electrons. The van der Waals surface area contributed by atoms with Gasteiger partial charge in [0.05, 0.1) is 5.69 Å². The molecule has 2 N–H and O–H groups in total. The lowest BCUT2D eigenvalue weighted by Crippen LogP contribution is -2.13. The van der Waals surface area contributed by atoms with Gasteiger partial charge in [0.25, 0.3) is 5.91 Å². The number of aromatic nitrogens is 3. The second-order valence-electron chi connectivity index (χ2n) is 4.81. The lowest BCUT2D eigenvalue weighted by Gasteiger charge is -2.07. The van der Waals surface area contributed by atoms with Crippen molar-refractivity contribution < 1.29 is 4.79 Å². The van der Waals surface area contributed by atoms with Crippen LogP contribution in [0, 0.1) is 11.3 Å². The second-order valence-corrected chi connectivity index (χ2v) is 4.81. The van der Waals surface area contributed by atoms with E-state index in [1.54, 1.807) is 19.2 Å². The van der Waals surface area contributed by atoms with E-state index >= 15 is 0 Å². The molecule has 2 heterocycles. The summed E-state index contributed by atoms with van der Waals surface area (Å²) in [4.78, 5) is 23.5. The Hall–Kier alpha value is -3.46. The predicted octanol–water partition coefficient (Wildman–Crippen LogP) is 3.03. The van der Waals surface area contributed by atoms with E-state index in [0.717, 1.165) is 22.3 Å². The molecule has 0 saturated heterocycles. The zero-order valence-corrected chi connectivity index (χ0v) is 12.4. The summed E-state index contributed by atoms with van der Waals surface area (Å²) in [6.45, 7) is 1.65. The Morgan fingerprint density at radius 2 is 2.22 bits per heavy atom. The number of nitriles is 1. The fraction of sp³-hybridized carbons (Fsp3) is 0.0588. The minimum Gasteiger partial charge on any atom is -0.346 e. The van der Waals surface area contributed by atoms with E-state index in [1.165, 1.54) is 12.4 Å². The van der Waals surface area contributed by atoms with Gasteiger partial charge in [0.1, 0.15) is 23.6 Å². The summed E-state index contributed by atoms with van der Waals surface area (Å²) in [5.41, 5.74) is 3.06. The third-order valence-corrected chi connectivity index (χ3v) is 3.40. The van der Waals surface area contributed by atoms with Gasteiger partial charge in [-0.25, -0.2) is 9.97 Å². The SMILES string of the molecule is C/C=C(\C#N)C(=O)Nc1cccc(-c2ncnc3[nH]ccc23)c1. The average Bonchev–Trinajstić information content (AvgIpc) is 3.04. The Kier molecular flexibility index (Phi) is 3.85. The maximum absolute atomic E-state index is 12.0. The van der Waals surface area contributed by atoms with E-state index in [1.807, 2.05) is 30.3 Å². The van der Waals surface area contributed by atoms with Crippen LogP contribution in [0.5, 0.6) is 0 Å². The number of hydrogen-bond donors (Lipinski definition) is 2. The van der Waals surface area contributed by atoms with Gasteiger partial charge in [-0.05, 0) is 25.1 Å². The van der Waals surface area contributed by atoms with Gasteiger partial charge in [-0.1, -0.05) is 18.2 Å². The van der Waals surface area contributed by atoms with Gasteiger partial charge in [0, 0.05) is 22.8 Å². The number of anilines is 1. The Morgan fingerprint density at radius 3 is 3.00 bits per heavy atom. The number of amides is 1.